The molecule has 1 atom stereocenters. The van der Waals surface area contributed by atoms with Gasteiger partial charge in [0.2, 0.25) is 0 Å². The van der Waals surface area contributed by atoms with Gasteiger partial charge in [0.1, 0.15) is 0 Å². The van der Waals surface area contributed by atoms with Gasteiger partial charge in [0, 0.05) is 35.6 Å². The lowest BCUT2D eigenvalue weighted by atomic mass is 9.97. The number of benzene rings is 1. The fraction of sp³-hybridized carbons (Fsp3) is 0.312. The summed E-state index contributed by atoms with van der Waals surface area (Å²) in [5.41, 5.74) is 3.70. The minimum Gasteiger partial charge on any atom is -0.466 e. The molecule has 0 amide bonds. The van der Waals surface area contributed by atoms with Crippen molar-refractivity contribution in [1.29, 1.82) is 0 Å². The molecule has 0 bridgehead atoms. The number of fused-ring (bicyclic) bond motifs is 1. The summed E-state index contributed by atoms with van der Waals surface area (Å²) in [6.07, 6.45) is 3.38. The Balaban J connectivity index is 2.47. The van der Waals surface area contributed by atoms with Crippen molar-refractivity contribution in [2.75, 3.05) is 7.11 Å². The van der Waals surface area contributed by atoms with E-state index in [1.54, 1.807) is 0 Å². The van der Waals surface area contributed by atoms with E-state index in [2.05, 4.69) is 42.3 Å². The highest BCUT2D eigenvalue weighted by atomic mass is 16.5. The molecule has 3 heteroatoms. The predicted molar refractivity (Wildman–Crippen MR) is 77.2 cm³/mol. The summed E-state index contributed by atoms with van der Waals surface area (Å²) < 4.78 is 6.82. The summed E-state index contributed by atoms with van der Waals surface area (Å²) in [5, 5.41) is 1.24. The van der Waals surface area contributed by atoms with E-state index in [0.29, 0.717) is 0 Å². The minimum absolute atomic E-state index is 0.171. The Labute approximate surface area is 113 Å². The topological polar surface area (TPSA) is 31.2 Å². The number of hydrogen-bond donors (Lipinski definition) is 0. The maximum atomic E-state index is 11.2. The molecule has 0 spiro atoms. The van der Waals surface area contributed by atoms with E-state index in [9.17, 15) is 4.79 Å². The first-order chi connectivity index (χ1) is 9.06. The average molecular weight is 257 g/mol. The van der Waals surface area contributed by atoms with Crippen molar-refractivity contribution in [1.82, 2.24) is 4.57 Å². The highest BCUT2D eigenvalue weighted by Crippen LogP contribution is 2.31. The largest absolute Gasteiger partial charge is 0.466 e. The van der Waals surface area contributed by atoms with Crippen LogP contribution in [0.5, 0.6) is 0 Å². The molecule has 0 saturated heterocycles. The highest BCUT2D eigenvalue weighted by molar-refractivity contribution is 5.87. The van der Waals surface area contributed by atoms with Gasteiger partial charge in [0.15, 0.2) is 0 Å². The summed E-state index contributed by atoms with van der Waals surface area (Å²) in [4.78, 5) is 11.2. The Morgan fingerprint density at radius 2 is 2.05 bits per heavy atom. The zero-order chi connectivity index (χ0) is 14.0. The Hall–Kier alpha value is -2.03. The van der Waals surface area contributed by atoms with Crippen LogP contribution in [-0.2, 0) is 16.6 Å². The third-order valence-electron chi connectivity index (χ3n) is 3.63. The Morgan fingerprint density at radius 1 is 1.37 bits per heavy atom. The standard InChI is InChI=1S/C16H19NO2/c1-11(9-10-15(18)19-4)16-12(2)17(3)14-8-6-5-7-13(14)16/h5-11H,1-4H3/b10-9-. The second kappa shape index (κ2) is 5.31. The molecule has 0 radical (unpaired) electrons. The van der Waals surface area contributed by atoms with Crippen molar-refractivity contribution in [3.05, 3.63) is 47.7 Å². The molecular weight excluding hydrogens is 238 g/mol. The zero-order valence-corrected chi connectivity index (χ0v) is 11.8. The Kier molecular flexibility index (Phi) is 3.74. The van der Waals surface area contributed by atoms with Crippen LogP contribution in [0.2, 0.25) is 0 Å². The van der Waals surface area contributed by atoms with Gasteiger partial charge < -0.3 is 9.30 Å². The van der Waals surface area contributed by atoms with Crippen molar-refractivity contribution in [2.45, 2.75) is 19.8 Å². The van der Waals surface area contributed by atoms with Crippen LogP contribution in [0.4, 0.5) is 0 Å². The number of methoxy groups -OCH3 is 1. The minimum atomic E-state index is -0.315. The van der Waals surface area contributed by atoms with E-state index in [0.717, 1.165) is 0 Å². The molecule has 1 aromatic carbocycles. The van der Waals surface area contributed by atoms with Gasteiger partial charge in [0.05, 0.1) is 7.11 Å². The van der Waals surface area contributed by atoms with E-state index >= 15 is 0 Å². The van der Waals surface area contributed by atoms with E-state index in [4.69, 9.17) is 0 Å². The fourth-order valence-electron chi connectivity index (χ4n) is 2.51. The Bertz CT molecular complexity index is 637. The lowest BCUT2D eigenvalue weighted by Gasteiger charge is -2.07. The van der Waals surface area contributed by atoms with Crippen LogP contribution in [-0.4, -0.2) is 17.6 Å². The van der Waals surface area contributed by atoms with Crippen molar-refractivity contribution < 1.29 is 9.53 Å². The van der Waals surface area contributed by atoms with E-state index < -0.39 is 0 Å². The predicted octanol–water partition coefficient (Wildman–Crippen LogP) is 3.32. The van der Waals surface area contributed by atoms with Crippen molar-refractivity contribution in [3.63, 3.8) is 0 Å². The average Bonchev–Trinajstić information content (AvgIpc) is 2.68. The first-order valence-electron chi connectivity index (χ1n) is 6.36. The van der Waals surface area contributed by atoms with Crippen LogP contribution in [0.15, 0.2) is 36.4 Å². The normalized spacial score (nSPS) is 13.1. The monoisotopic (exact) mass is 257 g/mol. The molecule has 0 saturated carbocycles. The number of carbonyl (C=O) groups excluding carboxylic acids is 1. The van der Waals surface area contributed by atoms with E-state index in [1.165, 1.54) is 35.3 Å². The zero-order valence-electron chi connectivity index (χ0n) is 11.8. The van der Waals surface area contributed by atoms with E-state index in [1.807, 2.05) is 18.2 Å². The van der Waals surface area contributed by atoms with Gasteiger partial charge >= 0.3 is 5.97 Å². The number of esters is 1. The van der Waals surface area contributed by atoms with Crippen molar-refractivity contribution >= 4 is 16.9 Å². The second-order valence-electron chi connectivity index (χ2n) is 4.75. The number of para-hydroxylation sites is 1. The summed E-state index contributed by atoms with van der Waals surface area (Å²) in [6.45, 7) is 4.20. The summed E-state index contributed by atoms with van der Waals surface area (Å²) in [6, 6.07) is 8.32. The molecule has 0 fully saturated rings. The fourth-order valence-corrected chi connectivity index (χ4v) is 2.51. The Morgan fingerprint density at radius 3 is 2.74 bits per heavy atom. The lowest BCUT2D eigenvalue weighted by molar-refractivity contribution is -0.134. The van der Waals surface area contributed by atoms with Gasteiger partial charge in [0.25, 0.3) is 0 Å². The molecule has 3 nitrogen and oxygen atoms in total. The summed E-state index contributed by atoms with van der Waals surface area (Å²) in [7, 11) is 3.46. The maximum absolute atomic E-state index is 11.2. The summed E-state index contributed by atoms with van der Waals surface area (Å²) in [5.74, 6) is -0.144. The van der Waals surface area contributed by atoms with Crippen LogP contribution in [0.1, 0.15) is 24.1 Å². The molecule has 1 heterocycles. The number of hydrogen-bond acceptors (Lipinski definition) is 2. The molecule has 2 rings (SSSR count). The third-order valence-corrected chi connectivity index (χ3v) is 3.63. The first kappa shape index (κ1) is 13.4. The molecule has 1 aromatic heterocycles. The molecular formula is C16H19NO2. The van der Waals surface area contributed by atoms with Gasteiger partial charge in [-0.15, -0.1) is 0 Å². The van der Waals surface area contributed by atoms with Gasteiger partial charge in [-0.25, -0.2) is 4.79 Å². The van der Waals surface area contributed by atoms with Crippen LogP contribution in [0.3, 0.4) is 0 Å². The van der Waals surface area contributed by atoms with Gasteiger partial charge in [-0.05, 0) is 18.6 Å². The van der Waals surface area contributed by atoms with Crippen LogP contribution < -0.4 is 0 Å². The SMILES string of the molecule is COC(=O)/C=C\C(C)c1c(C)n(C)c2ccccc12. The second-order valence-corrected chi connectivity index (χ2v) is 4.75. The molecule has 2 aromatic rings. The number of nitrogens with zero attached hydrogens (tertiary/aromatic N) is 1. The van der Waals surface area contributed by atoms with Gasteiger partial charge in [-0.3, -0.25) is 0 Å². The number of carbonyl (C=O) groups is 1. The maximum Gasteiger partial charge on any atom is 0.330 e. The number of rotatable bonds is 3. The summed E-state index contributed by atoms with van der Waals surface area (Å²) >= 11 is 0. The first-order valence-corrected chi connectivity index (χ1v) is 6.36. The van der Waals surface area contributed by atoms with Gasteiger partial charge in [-0.1, -0.05) is 31.2 Å². The van der Waals surface area contributed by atoms with E-state index in [-0.39, 0.29) is 11.9 Å². The van der Waals surface area contributed by atoms with Gasteiger partial charge in [-0.2, -0.15) is 0 Å². The van der Waals surface area contributed by atoms with Crippen LogP contribution >= 0.6 is 0 Å². The number of ether oxygens (including phenoxy) is 1. The number of aryl methyl sites for hydroxylation is 1. The van der Waals surface area contributed by atoms with Crippen molar-refractivity contribution in [2.24, 2.45) is 7.05 Å². The lowest BCUT2D eigenvalue weighted by Crippen LogP contribution is -1.98. The highest BCUT2D eigenvalue weighted by Gasteiger charge is 2.15. The number of aromatic nitrogens is 1. The molecule has 100 valence electrons. The third kappa shape index (κ3) is 2.41. The smallest absolute Gasteiger partial charge is 0.330 e. The quantitative estimate of drug-likeness (QED) is 0.624. The van der Waals surface area contributed by atoms with Crippen LogP contribution in [0, 0.1) is 6.92 Å². The van der Waals surface area contributed by atoms with Crippen LogP contribution in [0.25, 0.3) is 10.9 Å². The van der Waals surface area contributed by atoms with Crippen molar-refractivity contribution in [3.8, 4) is 0 Å². The molecule has 0 aliphatic heterocycles. The number of allylic oxidation sites excluding steroid dienone is 1. The molecule has 0 N–H and O–H groups in total. The molecule has 1 unspecified atom stereocenters. The molecule has 19 heavy (non-hydrogen) atoms. The molecule has 0 aliphatic rings. The molecule has 0 aliphatic carbocycles.